The molecule has 6 heteroatoms. The minimum absolute atomic E-state index is 0.219. The summed E-state index contributed by atoms with van der Waals surface area (Å²) in [5.41, 5.74) is 0.902. The molecule has 1 fully saturated rings. The number of hydrogen-bond donors (Lipinski definition) is 4. The molecule has 0 saturated carbocycles. The van der Waals surface area contributed by atoms with Crippen molar-refractivity contribution >= 4 is 0 Å². The van der Waals surface area contributed by atoms with Crippen molar-refractivity contribution in [2.24, 2.45) is 0 Å². The van der Waals surface area contributed by atoms with Gasteiger partial charge in [-0.15, -0.1) is 0 Å². The van der Waals surface area contributed by atoms with Gasteiger partial charge >= 0.3 is 0 Å². The predicted octanol–water partition coefficient (Wildman–Crippen LogP) is -0.997. The molecular weight excluding hydrogens is 252 g/mol. The molecule has 1 saturated heterocycles. The third-order valence-electron chi connectivity index (χ3n) is 3.08. The number of benzene rings is 1. The van der Waals surface area contributed by atoms with Gasteiger partial charge in [-0.3, -0.25) is 0 Å². The molecule has 0 spiro atoms. The van der Waals surface area contributed by atoms with E-state index >= 15 is 0 Å². The number of aliphatic hydroxyl groups excluding tert-OH is 4. The fourth-order valence-corrected chi connectivity index (χ4v) is 1.98. The minimum Gasteiger partial charge on any atom is -0.394 e. The maximum Gasteiger partial charge on any atom is 0.187 e. The summed E-state index contributed by atoms with van der Waals surface area (Å²) < 4.78 is 10.6. The van der Waals surface area contributed by atoms with Crippen LogP contribution in [0, 0.1) is 0 Å². The van der Waals surface area contributed by atoms with E-state index in [1.165, 1.54) is 0 Å². The molecular formula is C13H18O6. The molecule has 6 nitrogen and oxygen atoms in total. The van der Waals surface area contributed by atoms with Crippen LogP contribution in [0.2, 0.25) is 0 Å². The topological polar surface area (TPSA) is 99.4 Å². The highest BCUT2D eigenvalue weighted by Gasteiger charge is 2.46. The Balaban J connectivity index is 1.91. The van der Waals surface area contributed by atoms with Gasteiger partial charge in [0.05, 0.1) is 13.2 Å². The van der Waals surface area contributed by atoms with Crippen LogP contribution in [0.15, 0.2) is 30.3 Å². The molecule has 19 heavy (non-hydrogen) atoms. The Morgan fingerprint density at radius 3 is 2.47 bits per heavy atom. The van der Waals surface area contributed by atoms with Crippen molar-refractivity contribution in [3.05, 3.63) is 35.9 Å². The molecule has 106 valence electrons. The second-order valence-electron chi connectivity index (χ2n) is 4.50. The Bertz CT molecular complexity index is 384. The maximum atomic E-state index is 9.76. The number of ether oxygens (including phenoxy) is 2. The van der Waals surface area contributed by atoms with Crippen molar-refractivity contribution in [1.82, 2.24) is 0 Å². The molecule has 1 aliphatic heterocycles. The van der Waals surface area contributed by atoms with Gasteiger partial charge in [0.1, 0.15) is 24.4 Å². The van der Waals surface area contributed by atoms with Gasteiger partial charge < -0.3 is 29.9 Å². The van der Waals surface area contributed by atoms with Crippen molar-refractivity contribution in [2.75, 3.05) is 6.61 Å². The Morgan fingerprint density at radius 2 is 1.84 bits per heavy atom. The summed E-state index contributed by atoms with van der Waals surface area (Å²) in [6.07, 6.45) is -5.88. The van der Waals surface area contributed by atoms with E-state index in [2.05, 4.69) is 0 Å². The van der Waals surface area contributed by atoms with Crippen LogP contribution in [0.5, 0.6) is 0 Å². The third-order valence-corrected chi connectivity index (χ3v) is 3.08. The van der Waals surface area contributed by atoms with Gasteiger partial charge in [-0.2, -0.15) is 0 Å². The van der Waals surface area contributed by atoms with E-state index in [0.29, 0.717) is 0 Å². The van der Waals surface area contributed by atoms with Crippen LogP contribution in [0.4, 0.5) is 0 Å². The van der Waals surface area contributed by atoms with E-state index < -0.39 is 37.3 Å². The van der Waals surface area contributed by atoms with Crippen LogP contribution in [-0.2, 0) is 16.1 Å². The zero-order valence-electron chi connectivity index (χ0n) is 10.3. The van der Waals surface area contributed by atoms with Gasteiger partial charge in [0.25, 0.3) is 0 Å². The quantitative estimate of drug-likeness (QED) is 0.548. The predicted molar refractivity (Wildman–Crippen MR) is 65.0 cm³/mol. The molecule has 0 bridgehead atoms. The number of aliphatic hydroxyl groups is 4. The van der Waals surface area contributed by atoms with Gasteiger partial charge in [-0.25, -0.2) is 0 Å². The second kappa shape index (κ2) is 6.42. The lowest BCUT2D eigenvalue weighted by Crippen LogP contribution is -2.40. The highest BCUT2D eigenvalue weighted by molar-refractivity contribution is 5.13. The van der Waals surface area contributed by atoms with Crippen LogP contribution in [0.3, 0.4) is 0 Å². The highest BCUT2D eigenvalue weighted by Crippen LogP contribution is 2.25. The van der Waals surface area contributed by atoms with Crippen molar-refractivity contribution in [2.45, 2.75) is 37.3 Å². The average molecular weight is 270 g/mol. The molecule has 4 N–H and O–H groups in total. The lowest BCUT2D eigenvalue weighted by Gasteiger charge is -2.18. The molecule has 1 aromatic rings. The number of rotatable bonds is 5. The summed E-state index contributed by atoms with van der Waals surface area (Å²) in [5, 5.41) is 37.7. The molecule has 1 aliphatic rings. The van der Waals surface area contributed by atoms with E-state index in [1.54, 1.807) is 0 Å². The fraction of sp³-hybridized carbons (Fsp3) is 0.538. The molecule has 1 heterocycles. The van der Waals surface area contributed by atoms with Gasteiger partial charge in [0.15, 0.2) is 6.29 Å². The Kier molecular flexibility index (Phi) is 4.87. The van der Waals surface area contributed by atoms with E-state index in [1.807, 2.05) is 30.3 Å². The standard InChI is InChI=1S/C13H18O6/c14-6-9(15)12-10(16)11(17)13(19-12)18-7-8-4-2-1-3-5-8/h1-5,9-17H,6-7H2/t9-,10-,11+,12-,13+/m1/s1. The van der Waals surface area contributed by atoms with Gasteiger partial charge in [-0.05, 0) is 5.56 Å². The fourth-order valence-electron chi connectivity index (χ4n) is 1.98. The summed E-state index contributed by atoms with van der Waals surface area (Å²) in [6.45, 7) is -0.336. The first kappa shape index (κ1) is 14.4. The molecule has 0 aliphatic carbocycles. The van der Waals surface area contributed by atoms with E-state index in [0.717, 1.165) is 5.56 Å². The molecule has 5 atom stereocenters. The highest BCUT2D eigenvalue weighted by atomic mass is 16.7. The first-order valence-electron chi connectivity index (χ1n) is 6.09. The van der Waals surface area contributed by atoms with E-state index in [9.17, 15) is 15.3 Å². The molecule has 0 amide bonds. The minimum atomic E-state index is -1.29. The molecule has 0 aromatic heterocycles. The van der Waals surface area contributed by atoms with Crippen LogP contribution in [0.25, 0.3) is 0 Å². The van der Waals surface area contributed by atoms with E-state index in [4.69, 9.17) is 14.6 Å². The summed E-state index contributed by atoms with van der Waals surface area (Å²) in [5.74, 6) is 0. The lowest BCUT2D eigenvalue weighted by molar-refractivity contribution is -0.186. The van der Waals surface area contributed by atoms with E-state index in [-0.39, 0.29) is 6.61 Å². The van der Waals surface area contributed by atoms with Gasteiger partial charge in [0, 0.05) is 0 Å². The summed E-state index contributed by atoms with van der Waals surface area (Å²) in [7, 11) is 0. The Labute approximate surface area is 110 Å². The van der Waals surface area contributed by atoms with Crippen LogP contribution < -0.4 is 0 Å². The monoisotopic (exact) mass is 270 g/mol. The summed E-state index contributed by atoms with van der Waals surface area (Å²) >= 11 is 0. The molecule has 1 aromatic carbocycles. The first-order valence-corrected chi connectivity index (χ1v) is 6.09. The van der Waals surface area contributed by atoms with Crippen molar-refractivity contribution < 1.29 is 29.9 Å². The lowest BCUT2D eigenvalue weighted by atomic mass is 10.1. The van der Waals surface area contributed by atoms with Crippen LogP contribution in [-0.4, -0.2) is 57.7 Å². The molecule has 0 radical (unpaired) electrons. The summed E-state index contributed by atoms with van der Waals surface area (Å²) in [6, 6.07) is 9.31. The normalized spacial score (nSPS) is 32.4. The third kappa shape index (κ3) is 3.30. The summed E-state index contributed by atoms with van der Waals surface area (Å²) in [4.78, 5) is 0. The molecule has 2 rings (SSSR count). The smallest absolute Gasteiger partial charge is 0.187 e. The van der Waals surface area contributed by atoms with Gasteiger partial charge in [-0.1, -0.05) is 30.3 Å². The molecule has 0 unspecified atom stereocenters. The first-order chi connectivity index (χ1) is 9.13. The SMILES string of the molecule is OC[C@@H](O)[C@H]1O[C@H](OCc2ccccc2)[C@@H](O)[C@H]1O. The Morgan fingerprint density at radius 1 is 1.16 bits per heavy atom. The zero-order chi connectivity index (χ0) is 13.8. The average Bonchev–Trinajstić information content (AvgIpc) is 2.73. The van der Waals surface area contributed by atoms with Crippen molar-refractivity contribution in [1.29, 1.82) is 0 Å². The zero-order valence-corrected chi connectivity index (χ0v) is 10.3. The van der Waals surface area contributed by atoms with Crippen LogP contribution >= 0.6 is 0 Å². The van der Waals surface area contributed by atoms with Gasteiger partial charge in [0.2, 0.25) is 0 Å². The largest absolute Gasteiger partial charge is 0.394 e. The van der Waals surface area contributed by atoms with Crippen molar-refractivity contribution in [3.8, 4) is 0 Å². The van der Waals surface area contributed by atoms with Crippen molar-refractivity contribution in [3.63, 3.8) is 0 Å². The second-order valence-corrected chi connectivity index (χ2v) is 4.50. The van der Waals surface area contributed by atoms with Crippen LogP contribution in [0.1, 0.15) is 5.56 Å². The maximum absolute atomic E-state index is 9.76. The number of hydrogen-bond acceptors (Lipinski definition) is 6. The Hall–Kier alpha value is -1.02.